The van der Waals surface area contributed by atoms with Crippen molar-refractivity contribution in [1.82, 2.24) is 0 Å². The highest BCUT2D eigenvalue weighted by atomic mass is 16.5. The Bertz CT molecular complexity index is 582. The number of aryl methyl sites for hydroxylation is 2. The summed E-state index contributed by atoms with van der Waals surface area (Å²) >= 11 is 0. The van der Waals surface area contributed by atoms with E-state index in [1.807, 2.05) is 0 Å². The lowest BCUT2D eigenvalue weighted by Gasteiger charge is -2.27. The molecule has 0 aliphatic heterocycles. The third-order valence-electron chi connectivity index (χ3n) is 3.86. The van der Waals surface area contributed by atoms with E-state index in [-0.39, 0.29) is 5.41 Å². The molecule has 0 saturated carbocycles. The number of hydrogen-bond acceptors (Lipinski definition) is 1. The van der Waals surface area contributed by atoms with E-state index < -0.39 is 0 Å². The molecule has 0 radical (unpaired) electrons. The number of methoxy groups -OCH3 is 1. The van der Waals surface area contributed by atoms with Gasteiger partial charge in [-0.25, -0.2) is 0 Å². The first-order valence-corrected chi connectivity index (χ1v) is 6.67. The second-order valence-electron chi connectivity index (χ2n) is 5.68. The largest absolute Gasteiger partial charge is 0.496 e. The molecule has 2 aromatic rings. The van der Waals surface area contributed by atoms with Gasteiger partial charge in [0.2, 0.25) is 0 Å². The van der Waals surface area contributed by atoms with Crippen LogP contribution in [0.25, 0.3) is 0 Å². The van der Waals surface area contributed by atoms with E-state index in [4.69, 9.17) is 4.74 Å². The predicted octanol–water partition coefficient (Wildman–Crippen LogP) is 4.64. The van der Waals surface area contributed by atoms with Crippen molar-refractivity contribution in [3.63, 3.8) is 0 Å². The van der Waals surface area contributed by atoms with Crippen molar-refractivity contribution in [3.05, 3.63) is 64.7 Å². The summed E-state index contributed by atoms with van der Waals surface area (Å²) < 4.78 is 5.34. The van der Waals surface area contributed by atoms with Crippen LogP contribution in [-0.4, -0.2) is 7.11 Å². The lowest BCUT2D eigenvalue weighted by Crippen LogP contribution is -2.19. The minimum absolute atomic E-state index is 0.00303. The first-order chi connectivity index (χ1) is 8.95. The molecule has 0 aliphatic rings. The van der Waals surface area contributed by atoms with E-state index in [0.717, 1.165) is 5.75 Å². The zero-order valence-corrected chi connectivity index (χ0v) is 12.4. The third-order valence-corrected chi connectivity index (χ3v) is 3.86. The van der Waals surface area contributed by atoms with Gasteiger partial charge in [-0.2, -0.15) is 0 Å². The molecule has 2 rings (SSSR count). The highest BCUT2D eigenvalue weighted by molar-refractivity contribution is 5.44. The van der Waals surface area contributed by atoms with Gasteiger partial charge in [0.1, 0.15) is 5.75 Å². The highest BCUT2D eigenvalue weighted by Gasteiger charge is 2.23. The standard InChI is InChI=1S/C18H22O/c1-13-7-6-8-15(11-13)18(3,4)16-9-10-17(19-5)14(2)12-16/h6-12H,1-5H3. The Morgan fingerprint density at radius 2 is 1.58 bits per heavy atom. The van der Waals surface area contributed by atoms with Gasteiger partial charge in [0, 0.05) is 5.41 Å². The molecule has 0 aromatic heterocycles. The Labute approximate surface area is 116 Å². The topological polar surface area (TPSA) is 9.23 Å². The van der Waals surface area contributed by atoms with Crippen LogP contribution in [0.1, 0.15) is 36.1 Å². The average Bonchev–Trinajstić information content (AvgIpc) is 2.38. The van der Waals surface area contributed by atoms with Gasteiger partial charge in [0.05, 0.1) is 7.11 Å². The van der Waals surface area contributed by atoms with Gasteiger partial charge < -0.3 is 4.74 Å². The summed E-state index contributed by atoms with van der Waals surface area (Å²) in [5.74, 6) is 0.948. The van der Waals surface area contributed by atoms with Crippen molar-refractivity contribution in [1.29, 1.82) is 0 Å². The summed E-state index contributed by atoms with van der Waals surface area (Å²) in [6.07, 6.45) is 0. The molecule has 0 atom stereocenters. The van der Waals surface area contributed by atoms with Crippen LogP contribution in [0, 0.1) is 13.8 Å². The molecule has 1 nitrogen and oxygen atoms in total. The van der Waals surface area contributed by atoms with Crippen LogP contribution in [0.2, 0.25) is 0 Å². The SMILES string of the molecule is COc1ccc(C(C)(C)c2cccc(C)c2)cc1C. The van der Waals surface area contributed by atoms with Crippen LogP contribution in [0.5, 0.6) is 5.75 Å². The van der Waals surface area contributed by atoms with Gasteiger partial charge in [-0.3, -0.25) is 0 Å². The molecule has 19 heavy (non-hydrogen) atoms. The summed E-state index contributed by atoms with van der Waals surface area (Å²) in [7, 11) is 1.72. The third kappa shape index (κ3) is 2.65. The molecule has 0 spiro atoms. The van der Waals surface area contributed by atoms with E-state index in [2.05, 4.69) is 70.2 Å². The van der Waals surface area contributed by atoms with E-state index in [9.17, 15) is 0 Å². The van der Waals surface area contributed by atoms with Crippen molar-refractivity contribution in [3.8, 4) is 5.75 Å². The Balaban J connectivity index is 2.47. The first kappa shape index (κ1) is 13.7. The second-order valence-corrected chi connectivity index (χ2v) is 5.68. The fourth-order valence-corrected chi connectivity index (χ4v) is 2.47. The smallest absolute Gasteiger partial charge is 0.121 e. The van der Waals surface area contributed by atoms with E-state index in [0.29, 0.717) is 0 Å². The van der Waals surface area contributed by atoms with E-state index in [1.54, 1.807) is 7.11 Å². The molecule has 100 valence electrons. The summed E-state index contributed by atoms with van der Waals surface area (Å²) in [6, 6.07) is 15.2. The summed E-state index contributed by atoms with van der Waals surface area (Å²) in [4.78, 5) is 0. The van der Waals surface area contributed by atoms with Crippen molar-refractivity contribution in [2.45, 2.75) is 33.1 Å². The molecule has 0 N–H and O–H groups in total. The summed E-state index contributed by atoms with van der Waals surface area (Å²) in [5.41, 5.74) is 5.15. The van der Waals surface area contributed by atoms with Gasteiger partial charge >= 0.3 is 0 Å². The highest BCUT2D eigenvalue weighted by Crippen LogP contribution is 2.34. The molecule has 0 amide bonds. The maximum absolute atomic E-state index is 5.34. The van der Waals surface area contributed by atoms with Crippen LogP contribution < -0.4 is 4.74 Å². The van der Waals surface area contributed by atoms with Crippen molar-refractivity contribution < 1.29 is 4.74 Å². The molecule has 0 fully saturated rings. The van der Waals surface area contributed by atoms with E-state index in [1.165, 1.54) is 22.3 Å². The molecule has 0 bridgehead atoms. The molecule has 0 heterocycles. The fourth-order valence-electron chi connectivity index (χ4n) is 2.47. The maximum Gasteiger partial charge on any atom is 0.121 e. The Morgan fingerprint density at radius 3 is 2.16 bits per heavy atom. The first-order valence-electron chi connectivity index (χ1n) is 6.67. The number of rotatable bonds is 3. The normalized spacial score (nSPS) is 11.4. The van der Waals surface area contributed by atoms with Gasteiger partial charge in [-0.05, 0) is 36.6 Å². The average molecular weight is 254 g/mol. The summed E-state index contributed by atoms with van der Waals surface area (Å²) in [6.45, 7) is 8.76. The number of ether oxygens (including phenoxy) is 1. The quantitative estimate of drug-likeness (QED) is 0.775. The Hall–Kier alpha value is -1.76. The van der Waals surface area contributed by atoms with Crippen LogP contribution in [0.15, 0.2) is 42.5 Å². The van der Waals surface area contributed by atoms with Crippen LogP contribution >= 0.6 is 0 Å². The molecule has 2 aromatic carbocycles. The van der Waals surface area contributed by atoms with Gasteiger partial charge in [-0.1, -0.05) is 55.8 Å². The maximum atomic E-state index is 5.34. The number of hydrogen-bond donors (Lipinski definition) is 0. The van der Waals surface area contributed by atoms with E-state index >= 15 is 0 Å². The Morgan fingerprint density at radius 1 is 0.895 bits per heavy atom. The lowest BCUT2D eigenvalue weighted by atomic mass is 9.77. The van der Waals surface area contributed by atoms with Gasteiger partial charge in [0.15, 0.2) is 0 Å². The minimum Gasteiger partial charge on any atom is -0.496 e. The monoisotopic (exact) mass is 254 g/mol. The predicted molar refractivity (Wildman–Crippen MR) is 81.0 cm³/mol. The van der Waals surface area contributed by atoms with Crippen molar-refractivity contribution in [2.24, 2.45) is 0 Å². The van der Waals surface area contributed by atoms with Crippen LogP contribution in [0.4, 0.5) is 0 Å². The van der Waals surface area contributed by atoms with Gasteiger partial charge in [0.25, 0.3) is 0 Å². The van der Waals surface area contributed by atoms with Crippen molar-refractivity contribution >= 4 is 0 Å². The molecule has 0 aliphatic carbocycles. The Kier molecular flexibility index (Phi) is 3.66. The molecule has 0 saturated heterocycles. The van der Waals surface area contributed by atoms with Crippen molar-refractivity contribution in [2.75, 3.05) is 7.11 Å². The molecular weight excluding hydrogens is 232 g/mol. The lowest BCUT2D eigenvalue weighted by molar-refractivity contribution is 0.411. The number of benzene rings is 2. The zero-order chi connectivity index (χ0) is 14.0. The van der Waals surface area contributed by atoms with Crippen LogP contribution in [0.3, 0.4) is 0 Å². The van der Waals surface area contributed by atoms with Gasteiger partial charge in [-0.15, -0.1) is 0 Å². The molecule has 0 unspecified atom stereocenters. The fraction of sp³-hybridized carbons (Fsp3) is 0.333. The zero-order valence-electron chi connectivity index (χ0n) is 12.4. The van der Waals surface area contributed by atoms with Crippen LogP contribution in [-0.2, 0) is 5.41 Å². The molecule has 1 heteroatoms. The molecular formula is C18H22O. The minimum atomic E-state index is 0.00303. The summed E-state index contributed by atoms with van der Waals surface area (Å²) in [5, 5.41) is 0. The second kappa shape index (κ2) is 5.08.